The molecule has 0 amide bonds. The quantitative estimate of drug-likeness (QED) is 0.408. The number of ketones is 1. The van der Waals surface area contributed by atoms with Crippen LogP contribution in [-0.2, 0) is 10.1 Å². The second kappa shape index (κ2) is 5.66. The van der Waals surface area contributed by atoms with Crippen LogP contribution in [0, 0.1) is 5.82 Å². The van der Waals surface area contributed by atoms with Crippen molar-refractivity contribution < 1.29 is 22.2 Å². The molecule has 4 nitrogen and oxygen atoms in total. The summed E-state index contributed by atoms with van der Waals surface area (Å²) >= 11 is 0.870. The minimum absolute atomic E-state index is 0.0770. The van der Waals surface area contributed by atoms with Gasteiger partial charge in [0.05, 0.1) is 5.56 Å². The summed E-state index contributed by atoms with van der Waals surface area (Å²) in [5.41, 5.74) is 0.439. The van der Waals surface area contributed by atoms with Crippen LogP contribution in [0.25, 0.3) is 6.08 Å². The molecule has 0 spiro atoms. The molecule has 2 aromatic rings. The van der Waals surface area contributed by atoms with Crippen molar-refractivity contribution in [2.75, 3.05) is 0 Å². The largest absolute Gasteiger partial charge is 0.347 e. The normalized spacial score (nSPS) is 11.9. The third-order valence-electron chi connectivity index (χ3n) is 2.40. The van der Waals surface area contributed by atoms with E-state index in [0.717, 1.165) is 11.3 Å². The molecular formula is C13H10FO4S2+. The van der Waals surface area contributed by atoms with Gasteiger partial charge in [0, 0.05) is 11.0 Å². The van der Waals surface area contributed by atoms with E-state index in [0.29, 0.717) is 10.4 Å². The number of allylic oxidation sites excluding steroid dienone is 1. The third-order valence-corrected chi connectivity index (χ3v) is 4.77. The highest BCUT2D eigenvalue weighted by molar-refractivity contribution is 7.88. The summed E-state index contributed by atoms with van der Waals surface area (Å²) in [5.74, 6) is -0.478. The highest BCUT2D eigenvalue weighted by Crippen LogP contribution is 2.22. The van der Waals surface area contributed by atoms with Gasteiger partial charge in [-0.15, -0.1) is 11.3 Å². The standard InChI is InChI=1S/C13H9FO4S2/c14-10-3-1-9(2-4-10)12(15)7-5-11-6-8-13(19-11)20(16,17)18/h1-8H,(H,16,17,18)/p+1/b7-5+. The molecule has 0 fully saturated rings. The molecule has 7 heteroatoms. The molecular weight excluding hydrogens is 303 g/mol. The van der Waals surface area contributed by atoms with E-state index in [1.165, 1.54) is 48.6 Å². The maximum Gasteiger partial charge on any atom is 0.347 e. The van der Waals surface area contributed by atoms with E-state index in [1.807, 2.05) is 0 Å². The van der Waals surface area contributed by atoms with Gasteiger partial charge < -0.3 is 0 Å². The third kappa shape index (κ3) is 3.60. The second-order valence-electron chi connectivity index (χ2n) is 3.86. The zero-order valence-corrected chi connectivity index (χ0v) is 11.7. The van der Waals surface area contributed by atoms with Crippen LogP contribution in [0.2, 0.25) is 0 Å². The van der Waals surface area contributed by atoms with Crippen molar-refractivity contribution in [1.29, 1.82) is 0 Å². The smallest absolute Gasteiger partial charge is 0.281 e. The van der Waals surface area contributed by atoms with Crippen LogP contribution in [0.5, 0.6) is 0 Å². The molecule has 0 aliphatic heterocycles. The number of rotatable bonds is 4. The fourth-order valence-electron chi connectivity index (χ4n) is 1.44. The van der Waals surface area contributed by atoms with Crippen molar-refractivity contribution >= 4 is 33.3 Å². The fourth-order valence-corrected chi connectivity index (χ4v) is 3.03. The van der Waals surface area contributed by atoms with Crippen LogP contribution in [0.3, 0.4) is 0 Å². The molecule has 2 rings (SSSR count). The van der Waals surface area contributed by atoms with Gasteiger partial charge in [0.25, 0.3) is 0 Å². The van der Waals surface area contributed by atoms with Gasteiger partial charge in [0.2, 0.25) is 0 Å². The Kier molecular flexibility index (Phi) is 4.12. The van der Waals surface area contributed by atoms with Crippen LogP contribution in [0.15, 0.2) is 46.7 Å². The monoisotopic (exact) mass is 313 g/mol. The van der Waals surface area contributed by atoms with Crippen LogP contribution < -0.4 is 0 Å². The van der Waals surface area contributed by atoms with Crippen LogP contribution in [0.1, 0.15) is 10.4 Å². The number of hydrogen-bond donors (Lipinski definition) is 1. The lowest BCUT2D eigenvalue weighted by atomic mass is 10.1. The molecule has 20 heavy (non-hydrogen) atoms. The van der Waals surface area contributed by atoms with Gasteiger partial charge in [-0.2, -0.15) is 8.42 Å². The second-order valence-corrected chi connectivity index (χ2v) is 6.62. The van der Waals surface area contributed by atoms with E-state index in [2.05, 4.69) is 0 Å². The molecule has 0 aliphatic carbocycles. The zero-order valence-electron chi connectivity index (χ0n) is 10.0. The number of halogens is 1. The van der Waals surface area contributed by atoms with Gasteiger partial charge in [-0.1, -0.05) is 0 Å². The molecule has 0 bridgehead atoms. The van der Waals surface area contributed by atoms with Gasteiger partial charge in [0.15, 0.2) is 0 Å². The molecule has 1 aromatic heterocycles. The lowest BCUT2D eigenvalue weighted by Gasteiger charge is -1.90. The van der Waals surface area contributed by atoms with Crippen LogP contribution >= 0.6 is 11.3 Å². The van der Waals surface area contributed by atoms with E-state index in [-0.39, 0.29) is 9.99 Å². The molecule has 1 heterocycles. The summed E-state index contributed by atoms with van der Waals surface area (Å²) < 4.78 is 43.2. The maximum absolute atomic E-state index is 12.7. The molecule has 0 atom stereocenters. The van der Waals surface area contributed by atoms with Crippen LogP contribution in [-0.4, -0.2) is 23.5 Å². The van der Waals surface area contributed by atoms with Crippen molar-refractivity contribution in [3.05, 3.63) is 58.7 Å². The lowest BCUT2D eigenvalue weighted by molar-refractivity contribution is 0.485. The van der Waals surface area contributed by atoms with Crippen molar-refractivity contribution in [1.82, 2.24) is 0 Å². The first-order valence-electron chi connectivity index (χ1n) is 5.43. The summed E-state index contributed by atoms with van der Waals surface area (Å²) in [5, 5.41) is 0. The summed E-state index contributed by atoms with van der Waals surface area (Å²) in [7, 11) is -4.20. The first-order valence-corrected chi connectivity index (χ1v) is 7.69. The Morgan fingerprint density at radius 3 is 2.40 bits per heavy atom. The van der Waals surface area contributed by atoms with Gasteiger partial charge >= 0.3 is 15.9 Å². The zero-order chi connectivity index (χ0) is 14.8. The average Bonchev–Trinajstić information content (AvgIpc) is 2.85. The first-order chi connectivity index (χ1) is 9.36. The summed E-state index contributed by atoms with van der Waals surface area (Å²) in [6.07, 6.45) is 2.87. The summed E-state index contributed by atoms with van der Waals surface area (Å²) in [6, 6.07) is 8.07. The molecule has 0 aliphatic rings. The highest BCUT2D eigenvalue weighted by Gasteiger charge is 2.12. The Hall–Kier alpha value is -1.83. The van der Waals surface area contributed by atoms with Crippen molar-refractivity contribution in [3.63, 3.8) is 0 Å². The molecule has 0 saturated heterocycles. The number of benzene rings is 1. The van der Waals surface area contributed by atoms with Crippen molar-refractivity contribution in [2.45, 2.75) is 4.21 Å². The predicted octanol–water partition coefficient (Wildman–Crippen LogP) is 2.74. The van der Waals surface area contributed by atoms with Crippen molar-refractivity contribution in [3.8, 4) is 0 Å². The summed E-state index contributed by atoms with van der Waals surface area (Å²) in [6.45, 7) is 0. The minimum atomic E-state index is -4.20. The Labute approximate surface area is 118 Å². The van der Waals surface area contributed by atoms with E-state index in [4.69, 9.17) is 4.55 Å². The molecule has 2 N–H and O–H groups in total. The van der Waals surface area contributed by atoms with Crippen LogP contribution in [0.4, 0.5) is 4.39 Å². The van der Waals surface area contributed by atoms with E-state index in [1.54, 1.807) is 0 Å². The SMILES string of the molecule is O=S(=O)(O)c1ccc(/C=C/C(=[OH+])c2ccc(F)cc2)s1. The topological polar surface area (TPSA) is 75.8 Å². The van der Waals surface area contributed by atoms with Gasteiger partial charge in [-0.3, -0.25) is 9.35 Å². The fraction of sp³-hybridized carbons (Fsp3) is 0. The van der Waals surface area contributed by atoms with Gasteiger partial charge in [-0.25, -0.2) is 4.39 Å². The Bertz CT molecular complexity index is 758. The van der Waals surface area contributed by atoms with E-state index in [9.17, 15) is 17.6 Å². The Morgan fingerprint density at radius 2 is 1.85 bits per heavy atom. The van der Waals surface area contributed by atoms with Crippen molar-refractivity contribution in [2.24, 2.45) is 0 Å². The molecule has 1 aromatic carbocycles. The minimum Gasteiger partial charge on any atom is -0.281 e. The van der Waals surface area contributed by atoms with Gasteiger partial charge in [0.1, 0.15) is 10.0 Å². The number of thiophene rings is 1. The first kappa shape index (κ1) is 14.6. The Morgan fingerprint density at radius 1 is 1.20 bits per heavy atom. The van der Waals surface area contributed by atoms with E-state index < -0.39 is 15.9 Å². The molecule has 0 unspecified atom stereocenters. The van der Waals surface area contributed by atoms with Gasteiger partial charge in [-0.05, 0) is 42.5 Å². The molecule has 0 radical (unpaired) electrons. The number of carbonyl (C=O) groups excluding carboxylic acids is 1. The molecule has 104 valence electrons. The lowest BCUT2D eigenvalue weighted by Crippen LogP contribution is -1.95. The average molecular weight is 313 g/mol. The summed E-state index contributed by atoms with van der Waals surface area (Å²) in [4.78, 5) is 10.3. The number of hydrogen-bond acceptors (Lipinski definition) is 3. The highest BCUT2D eigenvalue weighted by atomic mass is 32.3. The van der Waals surface area contributed by atoms with E-state index >= 15 is 0 Å². The Balaban J connectivity index is 2.15. The molecule has 0 saturated carbocycles. The predicted molar refractivity (Wildman–Crippen MR) is 75.6 cm³/mol. The maximum atomic E-state index is 12.7.